The zero-order chi connectivity index (χ0) is 15.8. The summed E-state index contributed by atoms with van der Waals surface area (Å²) in [7, 11) is 0. The number of carbonyl (C=O) groups excluding carboxylic acids is 1. The largest absolute Gasteiger partial charge is 0.508 e. The van der Waals surface area contributed by atoms with Gasteiger partial charge in [0.2, 0.25) is 0 Å². The molecule has 0 aliphatic carbocycles. The van der Waals surface area contributed by atoms with Crippen LogP contribution in [0.1, 0.15) is 28.9 Å². The molecule has 3 heterocycles. The summed E-state index contributed by atoms with van der Waals surface area (Å²) >= 11 is 1.33. The van der Waals surface area contributed by atoms with Crippen molar-refractivity contribution in [2.45, 2.75) is 37.4 Å². The van der Waals surface area contributed by atoms with E-state index in [0.29, 0.717) is 27.8 Å². The van der Waals surface area contributed by atoms with Gasteiger partial charge < -0.3 is 20.5 Å². The Hall–Kier alpha value is -2.05. The fraction of sp³-hybridized carbons (Fsp3) is 0.353. The number of aromatic hydroxyl groups is 1. The van der Waals surface area contributed by atoms with Crippen LogP contribution in [0.25, 0.3) is 0 Å². The van der Waals surface area contributed by atoms with Crippen molar-refractivity contribution in [1.82, 2.24) is 10.6 Å². The average Bonchev–Trinajstić information content (AvgIpc) is 3.26. The first-order valence-corrected chi connectivity index (χ1v) is 8.63. The fourth-order valence-electron chi connectivity index (χ4n) is 3.35. The summed E-state index contributed by atoms with van der Waals surface area (Å²) < 4.78 is 5.70. The number of rotatable bonds is 4. The number of carbonyl (C=O) groups is 1. The highest BCUT2D eigenvalue weighted by Crippen LogP contribution is 2.32. The van der Waals surface area contributed by atoms with Gasteiger partial charge in [-0.1, -0.05) is 11.3 Å². The molecule has 4 rings (SSSR count). The molecule has 6 heteroatoms. The predicted molar refractivity (Wildman–Crippen MR) is 88.3 cm³/mol. The number of hydrogen-bond acceptors (Lipinski definition) is 5. The van der Waals surface area contributed by atoms with Crippen molar-refractivity contribution in [2.24, 2.45) is 0 Å². The van der Waals surface area contributed by atoms with E-state index in [1.165, 1.54) is 17.8 Å². The Morgan fingerprint density at radius 1 is 1.22 bits per heavy atom. The second-order valence-electron chi connectivity index (χ2n) is 6.08. The maximum absolute atomic E-state index is 12.4. The van der Waals surface area contributed by atoms with E-state index in [0.717, 1.165) is 12.8 Å². The number of phenolic OH excluding ortho intramolecular Hbond substituents is 1. The Bertz CT molecular complexity index is 713. The van der Waals surface area contributed by atoms with E-state index >= 15 is 0 Å². The molecule has 3 atom stereocenters. The Morgan fingerprint density at radius 2 is 2.04 bits per heavy atom. The summed E-state index contributed by atoms with van der Waals surface area (Å²) in [5.41, 5.74) is 0. The predicted octanol–water partition coefficient (Wildman–Crippen LogP) is 2.87. The lowest BCUT2D eigenvalue weighted by Crippen LogP contribution is -2.42. The molecule has 5 nitrogen and oxygen atoms in total. The zero-order valence-electron chi connectivity index (χ0n) is 12.5. The first kappa shape index (κ1) is 14.5. The average molecular weight is 330 g/mol. The molecular formula is C17H18N2O3S. The maximum atomic E-state index is 12.4. The number of fused-ring (bicyclic) bond motifs is 2. The van der Waals surface area contributed by atoms with E-state index in [-0.39, 0.29) is 17.7 Å². The van der Waals surface area contributed by atoms with Gasteiger partial charge in [0.25, 0.3) is 5.91 Å². The highest BCUT2D eigenvalue weighted by molar-refractivity contribution is 7.15. The van der Waals surface area contributed by atoms with E-state index in [9.17, 15) is 9.90 Å². The van der Waals surface area contributed by atoms with Gasteiger partial charge in [-0.2, -0.15) is 0 Å². The van der Waals surface area contributed by atoms with Crippen molar-refractivity contribution in [3.05, 3.63) is 41.3 Å². The molecule has 3 unspecified atom stereocenters. The molecular weight excluding hydrogens is 312 g/mol. The van der Waals surface area contributed by atoms with Gasteiger partial charge in [-0.3, -0.25) is 4.79 Å². The summed E-state index contributed by atoms with van der Waals surface area (Å²) in [6.45, 7) is 0. The zero-order valence-corrected chi connectivity index (χ0v) is 13.3. The molecule has 0 radical (unpaired) electrons. The molecule has 120 valence electrons. The Kier molecular flexibility index (Phi) is 3.71. The van der Waals surface area contributed by atoms with Crippen molar-refractivity contribution in [3.8, 4) is 16.6 Å². The Morgan fingerprint density at radius 3 is 2.74 bits per heavy atom. The van der Waals surface area contributed by atoms with Gasteiger partial charge in [0.1, 0.15) is 11.5 Å². The van der Waals surface area contributed by atoms with Crippen LogP contribution >= 0.6 is 11.3 Å². The maximum Gasteiger partial charge on any atom is 0.261 e. The lowest BCUT2D eigenvalue weighted by Gasteiger charge is -2.20. The van der Waals surface area contributed by atoms with Gasteiger partial charge in [-0.15, -0.1) is 0 Å². The number of hydrogen-bond donors (Lipinski definition) is 3. The molecule has 0 saturated carbocycles. The van der Waals surface area contributed by atoms with Crippen LogP contribution in [0.2, 0.25) is 0 Å². The normalized spacial score (nSPS) is 25.5. The van der Waals surface area contributed by atoms with Crippen molar-refractivity contribution < 1.29 is 14.6 Å². The van der Waals surface area contributed by atoms with Crippen LogP contribution in [0.15, 0.2) is 36.4 Å². The number of thiophene rings is 1. The summed E-state index contributed by atoms with van der Waals surface area (Å²) in [6, 6.07) is 11.3. The number of phenols is 1. The molecule has 3 N–H and O–H groups in total. The third-order valence-electron chi connectivity index (χ3n) is 4.48. The number of amides is 1. The van der Waals surface area contributed by atoms with Crippen molar-refractivity contribution in [3.63, 3.8) is 0 Å². The first-order chi connectivity index (χ1) is 11.2. The van der Waals surface area contributed by atoms with Gasteiger partial charge in [0, 0.05) is 18.1 Å². The molecule has 2 saturated heterocycles. The highest BCUT2D eigenvalue weighted by Gasteiger charge is 2.39. The van der Waals surface area contributed by atoms with Crippen LogP contribution in [0.3, 0.4) is 0 Å². The SMILES string of the molecule is O=C(NC1CC2CCC1N2)c1ccc(Oc2ccc(O)cc2)s1. The van der Waals surface area contributed by atoms with Crippen LogP contribution in [0.4, 0.5) is 0 Å². The second kappa shape index (κ2) is 5.86. The van der Waals surface area contributed by atoms with Crippen LogP contribution in [0, 0.1) is 0 Å². The third kappa shape index (κ3) is 3.04. The highest BCUT2D eigenvalue weighted by atomic mass is 32.1. The van der Waals surface area contributed by atoms with E-state index in [1.54, 1.807) is 36.4 Å². The van der Waals surface area contributed by atoms with E-state index in [2.05, 4.69) is 10.6 Å². The molecule has 23 heavy (non-hydrogen) atoms. The van der Waals surface area contributed by atoms with Gasteiger partial charge >= 0.3 is 0 Å². The Labute approximate surface area is 138 Å². The van der Waals surface area contributed by atoms with Crippen LogP contribution in [-0.2, 0) is 0 Å². The fourth-order valence-corrected chi connectivity index (χ4v) is 4.13. The minimum Gasteiger partial charge on any atom is -0.508 e. The lowest BCUT2D eigenvalue weighted by molar-refractivity contribution is 0.0935. The molecule has 2 aliphatic heterocycles. The van der Waals surface area contributed by atoms with Crippen molar-refractivity contribution in [1.29, 1.82) is 0 Å². The molecule has 1 aromatic heterocycles. The monoisotopic (exact) mass is 330 g/mol. The molecule has 2 aromatic rings. The quantitative estimate of drug-likeness (QED) is 0.806. The van der Waals surface area contributed by atoms with E-state index in [1.807, 2.05) is 0 Å². The smallest absolute Gasteiger partial charge is 0.261 e. The first-order valence-electron chi connectivity index (χ1n) is 7.81. The minimum absolute atomic E-state index is 0.0325. The minimum atomic E-state index is -0.0325. The standard InChI is InChI=1S/C17H18N2O3S/c20-11-2-4-12(5-3-11)22-16-8-7-15(23-16)17(21)19-14-9-10-1-6-13(14)18-10/h2-5,7-8,10,13-14,18,20H,1,6,9H2,(H,19,21). The molecule has 1 aromatic carbocycles. The number of nitrogens with one attached hydrogen (secondary N) is 2. The number of ether oxygens (including phenoxy) is 1. The van der Waals surface area contributed by atoms with Crippen LogP contribution in [-0.4, -0.2) is 29.1 Å². The molecule has 0 spiro atoms. The van der Waals surface area contributed by atoms with Crippen molar-refractivity contribution in [2.75, 3.05) is 0 Å². The number of benzene rings is 1. The van der Waals surface area contributed by atoms with Gasteiger partial charge in [0.15, 0.2) is 5.06 Å². The molecule has 2 fully saturated rings. The summed E-state index contributed by atoms with van der Waals surface area (Å²) in [5.74, 6) is 0.798. The third-order valence-corrected chi connectivity index (χ3v) is 5.44. The van der Waals surface area contributed by atoms with Gasteiger partial charge in [0.05, 0.1) is 4.88 Å². The molecule has 1 amide bonds. The summed E-state index contributed by atoms with van der Waals surface area (Å²) in [6.07, 6.45) is 3.40. The van der Waals surface area contributed by atoms with Crippen molar-refractivity contribution >= 4 is 17.2 Å². The van der Waals surface area contributed by atoms with Crippen LogP contribution < -0.4 is 15.4 Å². The van der Waals surface area contributed by atoms with Gasteiger partial charge in [-0.05, 0) is 55.7 Å². The molecule has 2 bridgehead atoms. The van der Waals surface area contributed by atoms with Crippen LogP contribution in [0.5, 0.6) is 16.6 Å². The van der Waals surface area contributed by atoms with E-state index in [4.69, 9.17) is 4.74 Å². The van der Waals surface area contributed by atoms with Gasteiger partial charge in [-0.25, -0.2) is 0 Å². The molecule has 2 aliphatic rings. The summed E-state index contributed by atoms with van der Waals surface area (Å²) in [4.78, 5) is 13.0. The lowest BCUT2D eigenvalue weighted by atomic mass is 9.95. The Balaban J connectivity index is 1.39. The topological polar surface area (TPSA) is 70.6 Å². The second-order valence-corrected chi connectivity index (χ2v) is 7.12. The van der Waals surface area contributed by atoms with E-state index < -0.39 is 0 Å². The summed E-state index contributed by atoms with van der Waals surface area (Å²) in [5, 5.41) is 16.6.